The molecule has 0 bridgehead atoms. The molecule has 2 amide bonds. The van der Waals surface area contributed by atoms with Crippen molar-refractivity contribution in [3.8, 4) is 5.69 Å². The molecule has 1 N–H and O–H groups in total. The Morgan fingerprint density at radius 3 is 2.23 bits per heavy atom. The van der Waals surface area contributed by atoms with Gasteiger partial charge in [0.15, 0.2) is 5.69 Å². The molecule has 0 atom stereocenters. The van der Waals surface area contributed by atoms with E-state index in [1.54, 1.807) is 24.3 Å². The van der Waals surface area contributed by atoms with Crippen molar-refractivity contribution in [1.82, 2.24) is 20.0 Å². The van der Waals surface area contributed by atoms with Crippen LogP contribution in [0.1, 0.15) is 57.2 Å². The van der Waals surface area contributed by atoms with Gasteiger partial charge in [0.05, 0.1) is 5.69 Å². The maximum Gasteiger partial charge on any atom is 0.435 e. The lowest BCUT2D eigenvalue weighted by Crippen LogP contribution is -2.32. The molecular formula is C22H29F3N4O2. The first-order valence-electron chi connectivity index (χ1n) is 10.5. The second-order valence-electron chi connectivity index (χ2n) is 7.32. The van der Waals surface area contributed by atoms with Crippen molar-refractivity contribution in [1.29, 1.82) is 0 Å². The molecule has 9 heteroatoms. The van der Waals surface area contributed by atoms with E-state index in [2.05, 4.69) is 10.4 Å². The highest BCUT2D eigenvalue weighted by atomic mass is 19.4. The van der Waals surface area contributed by atoms with Crippen LogP contribution in [0.5, 0.6) is 0 Å². The minimum absolute atomic E-state index is 0.0828. The molecule has 0 saturated carbocycles. The van der Waals surface area contributed by atoms with Crippen molar-refractivity contribution in [2.75, 3.05) is 13.1 Å². The Bertz CT molecular complexity index is 841. The van der Waals surface area contributed by atoms with Crippen LogP contribution in [0.15, 0.2) is 36.5 Å². The summed E-state index contributed by atoms with van der Waals surface area (Å²) in [6, 6.07) is 7.65. The molecule has 0 spiro atoms. The monoisotopic (exact) mass is 438 g/mol. The summed E-state index contributed by atoms with van der Waals surface area (Å²) < 4.78 is 39.1. The molecule has 170 valence electrons. The van der Waals surface area contributed by atoms with Gasteiger partial charge in [-0.2, -0.15) is 18.3 Å². The van der Waals surface area contributed by atoms with Gasteiger partial charge in [-0.15, -0.1) is 0 Å². The summed E-state index contributed by atoms with van der Waals surface area (Å²) in [6.07, 6.45) is -0.291. The summed E-state index contributed by atoms with van der Waals surface area (Å²) in [4.78, 5) is 26.1. The fourth-order valence-corrected chi connectivity index (χ4v) is 3.13. The van der Waals surface area contributed by atoms with Crippen molar-refractivity contribution in [3.05, 3.63) is 47.8 Å². The van der Waals surface area contributed by atoms with Crippen LogP contribution in [0.25, 0.3) is 5.69 Å². The van der Waals surface area contributed by atoms with Crippen LogP contribution in [0.3, 0.4) is 0 Å². The second kappa shape index (κ2) is 11.5. The number of carbonyl (C=O) groups is 2. The molecule has 0 radical (unpaired) electrons. The highest BCUT2D eigenvalue weighted by Gasteiger charge is 2.33. The van der Waals surface area contributed by atoms with Crippen LogP contribution in [-0.4, -0.2) is 39.6 Å². The van der Waals surface area contributed by atoms with Gasteiger partial charge in [0.2, 0.25) is 11.8 Å². The highest BCUT2D eigenvalue weighted by molar-refractivity contribution is 5.79. The van der Waals surface area contributed by atoms with Crippen molar-refractivity contribution in [2.45, 2.75) is 58.7 Å². The average Bonchev–Trinajstić information content (AvgIpc) is 3.23. The van der Waals surface area contributed by atoms with Gasteiger partial charge in [-0.05, 0) is 43.0 Å². The normalized spacial score (nSPS) is 11.4. The summed E-state index contributed by atoms with van der Waals surface area (Å²) >= 11 is 0. The van der Waals surface area contributed by atoms with E-state index in [0.717, 1.165) is 42.2 Å². The van der Waals surface area contributed by atoms with Crippen LogP contribution < -0.4 is 5.32 Å². The van der Waals surface area contributed by atoms with Crippen molar-refractivity contribution < 1.29 is 22.8 Å². The highest BCUT2D eigenvalue weighted by Crippen LogP contribution is 2.27. The molecule has 0 unspecified atom stereocenters. The van der Waals surface area contributed by atoms with Crippen LogP contribution in [-0.2, 0) is 22.3 Å². The predicted molar refractivity (Wildman–Crippen MR) is 111 cm³/mol. The molecule has 0 aliphatic carbocycles. The number of nitrogens with one attached hydrogen (secondary N) is 1. The molecule has 6 nitrogen and oxygen atoms in total. The molecule has 0 fully saturated rings. The molecule has 0 aliphatic rings. The summed E-state index contributed by atoms with van der Waals surface area (Å²) in [6.45, 7) is 5.85. The number of alkyl halides is 3. The van der Waals surface area contributed by atoms with E-state index in [0.29, 0.717) is 25.1 Å². The Labute approximate surface area is 180 Å². The minimum atomic E-state index is -4.48. The first-order chi connectivity index (χ1) is 14.7. The van der Waals surface area contributed by atoms with Gasteiger partial charge >= 0.3 is 6.18 Å². The topological polar surface area (TPSA) is 67.2 Å². The van der Waals surface area contributed by atoms with Crippen molar-refractivity contribution >= 4 is 11.8 Å². The fraction of sp³-hybridized carbons (Fsp3) is 0.500. The van der Waals surface area contributed by atoms with Gasteiger partial charge in [0.25, 0.3) is 0 Å². The largest absolute Gasteiger partial charge is 0.435 e. The molecule has 0 aliphatic heterocycles. The van der Waals surface area contributed by atoms with Gasteiger partial charge in [-0.1, -0.05) is 26.0 Å². The van der Waals surface area contributed by atoms with Gasteiger partial charge in [-0.25, -0.2) is 4.68 Å². The third-order valence-corrected chi connectivity index (χ3v) is 4.70. The van der Waals surface area contributed by atoms with Gasteiger partial charge in [0.1, 0.15) is 0 Å². The SMILES string of the molecule is CCCN(CCC)C(=O)CCCC(=O)NCc1ccc(-n2ccc(C(F)(F)F)n2)cc1. The maximum atomic E-state index is 12.7. The Balaban J connectivity index is 1.77. The number of amides is 2. The first kappa shape index (κ1) is 24.4. The van der Waals surface area contributed by atoms with E-state index in [9.17, 15) is 22.8 Å². The Morgan fingerprint density at radius 2 is 1.68 bits per heavy atom. The summed E-state index contributed by atoms with van der Waals surface area (Å²) in [5.41, 5.74) is 0.357. The molecular weight excluding hydrogens is 409 g/mol. The maximum absolute atomic E-state index is 12.7. The summed E-state index contributed by atoms with van der Waals surface area (Å²) in [5.74, 6) is -0.0595. The van der Waals surface area contributed by atoms with Gasteiger partial charge in [0, 0.05) is 38.7 Å². The predicted octanol–water partition coefficient (Wildman–Crippen LogP) is 4.33. The number of carbonyl (C=O) groups excluding carboxylic acids is 2. The third kappa shape index (κ3) is 7.73. The minimum Gasteiger partial charge on any atom is -0.352 e. The Hall–Kier alpha value is -2.84. The molecule has 1 aromatic carbocycles. The van der Waals surface area contributed by atoms with E-state index in [4.69, 9.17) is 0 Å². The second-order valence-corrected chi connectivity index (χ2v) is 7.32. The lowest BCUT2D eigenvalue weighted by atomic mass is 10.2. The quantitative estimate of drug-likeness (QED) is 0.568. The number of rotatable bonds is 11. The molecule has 31 heavy (non-hydrogen) atoms. The van der Waals surface area contributed by atoms with Gasteiger partial charge < -0.3 is 10.2 Å². The lowest BCUT2D eigenvalue weighted by Gasteiger charge is -2.21. The van der Waals surface area contributed by atoms with Crippen LogP contribution in [0, 0.1) is 0 Å². The number of aromatic nitrogens is 2. The van der Waals surface area contributed by atoms with Gasteiger partial charge in [-0.3, -0.25) is 9.59 Å². The average molecular weight is 438 g/mol. The number of benzene rings is 1. The first-order valence-corrected chi connectivity index (χ1v) is 10.5. The molecule has 1 heterocycles. The van der Waals surface area contributed by atoms with E-state index in [-0.39, 0.29) is 18.2 Å². The fourth-order valence-electron chi connectivity index (χ4n) is 3.13. The smallest absolute Gasteiger partial charge is 0.352 e. The number of hydrogen-bond acceptors (Lipinski definition) is 3. The Morgan fingerprint density at radius 1 is 1.03 bits per heavy atom. The zero-order chi connectivity index (χ0) is 22.9. The lowest BCUT2D eigenvalue weighted by molar-refractivity contribution is -0.141. The van der Waals surface area contributed by atoms with E-state index in [1.165, 1.54) is 6.20 Å². The van der Waals surface area contributed by atoms with E-state index in [1.807, 2.05) is 18.7 Å². The van der Waals surface area contributed by atoms with Crippen molar-refractivity contribution in [3.63, 3.8) is 0 Å². The molecule has 0 saturated heterocycles. The third-order valence-electron chi connectivity index (χ3n) is 4.70. The summed E-state index contributed by atoms with van der Waals surface area (Å²) in [7, 11) is 0. The van der Waals surface area contributed by atoms with E-state index >= 15 is 0 Å². The number of halogens is 3. The van der Waals surface area contributed by atoms with Crippen LogP contribution in [0.2, 0.25) is 0 Å². The molecule has 1 aromatic heterocycles. The zero-order valence-corrected chi connectivity index (χ0v) is 17.9. The van der Waals surface area contributed by atoms with Crippen LogP contribution >= 0.6 is 0 Å². The standard InChI is InChI=1S/C22H29F3N4O2/c1-3-13-28(14-4-2)21(31)7-5-6-20(30)26-16-17-8-10-18(11-9-17)29-15-12-19(27-29)22(23,24)25/h8-12,15H,3-7,13-14,16H2,1-2H3,(H,26,30). The summed E-state index contributed by atoms with van der Waals surface area (Å²) in [5, 5.41) is 6.33. The van der Waals surface area contributed by atoms with Crippen LogP contribution in [0.4, 0.5) is 13.2 Å². The van der Waals surface area contributed by atoms with Crippen molar-refractivity contribution in [2.24, 2.45) is 0 Å². The number of hydrogen-bond donors (Lipinski definition) is 1. The Kier molecular flexibility index (Phi) is 9.08. The molecule has 2 rings (SSSR count). The van der Waals surface area contributed by atoms with E-state index < -0.39 is 11.9 Å². The molecule has 2 aromatic rings. The zero-order valence-electron chi connectivity index (χ0n) is 17.9. The number of nitrogens with zero attached hydrogens (tertiary/aromatic N) is 3.